The van der Waals surface area contributed by atoms with Crippen LogP contribution < -0.4 is 18.3 Å². The van der Waals surface area contributed by atoms with Gasteiger partial charge in [-0.05, 0) is 276 Å². The molecule has 0 aliphatic carbocycles. The molecule has 0 radical (unpaired) electrons. The van der Waals surface area contributed by atoms with Gasteiger partial charge < -0.3 is 0 Å². The van der Waals surface area contributed by atoms with Gasteiger partial charge in [0.2, 0.25) is 22.8 Å². The monoisotopic (exact) mass is 1550 g/mol. The molecule has 0 saturated heterocycles. The second kappa shape index (κ2) is 37.1. The van der Waals surface area contributed by atoms with Crippen molar-refractivity contribution < 1.29 is 38.8 Å². The van der Waals surface area contributed by atoms with E-state index >= 15 is 0 Å². The van der Waals surface area contributed by atoms with E-state index < -0.39 is 50.5 Å². The van der Waals surface area contributed by atoms with Gasteiger partial charge >= 0.3 is 0 Å². The van der Waals surface area contributed by atoms with Crippen LogP contribution in [0.1, 0.15) is 227 Å². The zero-order valence-electron chi connectivity index (χ0n) is 89.8. The largest absolute Gasteiger partial charge is 0.212 e. The maximum Gasteiger partial charge on any atom is 0.212 e. The predicted octanol–water partition coefficient (Wildman–Crippen LogP) is 27.6. The van der Waals surface area contributed by atoms with Crippen LogP contribution in [0, 0.1) is 102 Å². The minimum absolute atomic E-state index is 0.0382. The molecular weight excluding hydrogens is 1390 g/mol. The Kier molecular flexibility index (Phi) is 22.5. The van der Waals surface area contributed by atoms with E-state index in [9.17, 15) is 0 Å². The Bertz CT molecular complexity index is 6020. The van der Waals surface area contributed by atoms with Crippen LogP contribution in [0.5, 0.6) is 0 Å². The van der Waals surface area contributed by atoms with Crippen molar-refractivity contribution in [3.8, 4) is 89.5 Å². The lowest BCUT2D eigenvalue weighted by molar-refractivity contribution is -0.661. The fraction of sp³-hybridized carbons (Fsp3) is 0.387. The summed E-state index contributed by atoms with van der Waals surface area (Å²) in [5, 5.41) is 0. The van der Waals surface area contributed by atoms with Gasteiger partial charge in [-0.3, -0.25) is 0 Å². The number of pyridine rings is 4. The van der Waals surface area contributed by atoms with E-state index in [0.717, 1.165) is 41.5 Å². The van der Waals surface area contributed by atoms with Crippen molar-refractivity contribution in [2.45, 2.75) is 225 Å². The third kappa shape index (κ3) is 24.5. The Morgan fingerprint density at radius 3 is 0.852 bits per heavy atom. The van der Waals surface area contributed by atoms with Crippen molar-refractivity contribution in [1.29, 1.82) is 0 Å². The summed E-state index contributed by atoms with van der Waals surface area (Å²) < 4.78 is 134. The van der Waals surface area contributed by atoms with Gasteiger partial charge in [-0.25, -0.2) is 18.3 Å². The Hall–Kier alpha value is -9.64. The lowest BCUT2D eigenvalue weighted by Gasteiger charge is -2.24. The van der Waals surface area contributed by atoms with Gasteiger partial charge in [-0.15, -0.1) is 0 Å². The Balaban J connectivity index is 0.000000196. The highest BCUT2D eigenvalue weighted by atomic mass is 14.9. The molecule has 0 N–H and O–H groups in total. The summed E-state index contributed by atoms with van der Waals surface area (Å²) in [6, 6.07) is 64.8. The third-order valence-electron chi connectivity index (χ3n) is 20.5. The number of aryl methyl sites for hydroxylation is 14. The van der Waals surface area contributed by atoms with Gasteiger partial charge in [-0.1, -0.05) is 263 Å². The van der Waals surface area contributed by atoms with Gasteiger partial charge in [0.25, 0.3) is 0 Å². The van der Waals surface area contributed by atoms with E-state index in [0.29, 0.717) is 44.8 Å². The summed E-state index contributed by atoms with van der Waals surface area (Å²) in [5.41, 5.74) is 28.8. The fourth-order valence-corrected chi connectivity index (χ4v) is 15.4. The van der Waals surface area contributed by atoms with E-state index in [1.165, 1.54) is 95.5 Å². The van der Waals surface area contributed by atoms with Crippen LogP contribution in [-0.2, 0) is 66.6 Å². The molecule has 12 rings (SSSR count). The zero-order valence-corrected chi connectivity index (χ0v) is 74.8. The maximum atomic E-state index is 9.07. The molecule has 0 bridgehead atoms. The molecule has 4 nitrogen and oxygen atoms in total. The summed E-state index contributed by atoms with van der Waals surface area (Å²) in [5.74, 6) is -0.363. The highest BCUT2D eigenvalue weighted by molar-refractivity contribution is 5.80. The van der Waals surface area contributed by atoms with E-state index in [2.05, 4.69) is 230 Å². The van der Waals surface area contributed by atoms with Crippen molar-refractivity contribution in [3.05, 3.63) is 308 Å². The van der Waals surface area contributed by atoms with Crippen LogP contribution in [0.25, 0.3) is 89.5 Å². The summed E-state index contributed by atoms with van der Waals surface area (Å²) in [7, 11) is 7.90. The first-order valence-electron chi connectivity index (χ1n) is 48.5. The second-order valence-electron chi connectivity index (χ2n) is 38.1. The lowest BCUT2D eigenvalue weighted by Crippen LogP contribution is -2.33. The van der Waals surface area contributed by atoms with Crippen molar-refractivity contribution in [2.24, 2.45) is 61.2 Å². The van der Waals surface area contributed by atoms with Crippen molar-refractivity contribution in [3.63, 3.8) is 0 Å². The van der Waals surface area contributed by atoms with E-state index in [4.69, 9.17) is 20.6 Å². The molecule has 0 aliphatic rings. The number of aromatic nitrogens is 4. The number of rotatable bonds is 15. The highest BCUT2D eigenvalue weighted by Crippen LogP contribution is 2.40. The number of nitrogens with zero attached hydrogens (tertiary/aromatic N) is 4. The normalized spacial score (nSPS) is 14.5. The van der Waals surface area contributed by atoms with Gasteiger partial charge in [0.1, 0.15) is 28.2 Å². The number of benzene rings is 8. The minimum atomic E-state index is -2.50. The fourth-order valence-electron chi connectivity index (χ4n) is 15.4. The Labute approximate surface area is 719 Å². The average molecular weight is 1550 g/mol. The van der Waals surface area contributed by atoms with Gasteiger partial charge in [0, 0.05) is 89.3 Å². The van der Waals surface area contributed by atoms with Crippen molar-refractivity contribution in [2.75, 3.05) is 0 Å². The molecule has 0 spiro atoms. The minimum Gasteiger partial charge on any atom is -0.201 e. The standard InChI is InChI=1S/C30H40N.C29H38N.2C26H32N/c1-21-15-22(2)27(17-26(21)23-13-11-10-12-14-23)28-16-24(18-29(3,4)5)25(20-31(28)9)19-30(6,7)8;1-20(2)14-25-19-30(8)28(16-24(25)18-29(5,6)7)27-17-26(21(3)15-22(27)4)23-12-10-9-11-13-23;2*1-18-13-19(2)24(15-23(18)21-11-9-8-10-12-21)25-14-22(16-26(4,5)6)20(3)17-27(25)7/h10-17,20H,18-19H2,1-9H3;9-13,15-17,19-20H,14,18H2,1-8H3;2*8-15,17H,16H2,1-7H3/q4*+1/i;3D3,14D2,18D2;1D3,3D3,16D2;. The molecule has 0 aliphatic heterocycles. The van der Waals surface area contributed by atoms with Crippen molar-refractivity contribution >= 4 is 0 Å². The second-order valence-corrected chi connectivity index (χ2v) is 38.1. The zero-order chi connectivity index (χ0) is 97.4. The third-order valence-corrected chi connectivity index (χ3v) is 20.5. The molecule has 8 aromatic carbocycles. The van der Waals surface area contributed by atoms with Crippen LogP contribution in [0.4, 0.5) is 0 Å². The molecule has 0 amide bonds. The molecular formula is C111H142N4+4. The van der Waals surface area contributed by atoms with E-state index in [1.54, 1.807) is 76.7 Å². The van der Waals surface area contributed by atoms with Crippen LogP contribution in [0.15, 0.2) is 219 Å². The van der Waals surface area contributed by atoms with Crippen LogP contribution >= 0.6 is 0 Å². The first kappa shape index (κ1) is 69.6. The van der Waals surface area contributed by atoms with E-state index in [-0.39, 0.29) is 44.4 Å². The Morgan fingerprint density at radius 2 is 0.522 bits per heavy atom. The van der Waals surface area contributed by atoms with E-state index in [1.807, 2.05) is 119 Å². The summed E-state index contributed by atoms with van der Waals surface area (Å²) in [4.78, 5) is 0. The average Bonchev–Trinajstić information content (AvgIpc) is 0.740. The molecule has 115 heavy (non-hydrogen) atoms. The topological polar surface area (TPSA) is 15.5 Å². The number of hydrogen-bond acceptors (Lipinski definition) is 0. The smallest absolute Gasteiger partial charge is 0.201 e. The molecule has 4 heterocycles. The van der Waals surface area contributed by atoms with Crippen molar-refractivity contribution in [1.82, 2.24) is 0 Å². The molecule has 4 heteroatoms. The first-order chi connectivity index (χ1) is 59.6. The van der Waals surface area contributed by atoms with Gasteiger partial charge in [0.15, 0.2) is 24.8 Å². The molecule has 0 unspecified atom stereocenters. The molecule has 602 valence electrons. The Morgan fingerprint density at radius 1 is 0.261 bits per heavy atom. The quantitative estimate of drug-likeness (QED) is 0.0909. The number of hydrogen-bond donors (Lipinski definition) is 0. The molecule has 0 fully saturated rings. The van der Waals surface area contributed by atoms with Gasteiger partial charge in [-0.2, -0.15) is 0 Å². The maximum absolute atomic E-state index is 9.07. The summed E-state index contributed by atoms with van der Waals surface area (Å²) in [6.07, 6.45) is 5.58. The van der Waals surface area contributed by atoms with Crippen LogP contribution in [0.2, 0.25) is 0 Å². The first-order valence-corrected chi connectivity index (χ1v) is 41.0. The highest BCUT2D eigenvalue weighted by Gasteiger charge is 2.29. The molecule has 12 aromatic rings. The summed E-state index contributed by atoms with van der Waals surface area (Å²) in [6.45, 7) is 42.9. The molecule has 4 aromatic heterocycles. The van der Waals surface area contributed by atoms with Crippen LogP contribution in [-0.4, -0.2) is 0 Å². The SMILES string of the molecule is Cc1c[n+](C)c(-c2cc(-c3ccccc3)c(C)cc2C)cc1CC(C)(C)C.Cc1cc(C)c(-c2cc(CC(C)(C)C)c(CC(C)(C)C)c[n+]2C)cc1-c1ccccc1.[2H]C([2H])([2H])c1cc(C)c(-c2cc(C([2H])([2H])C(C)(C)C)c(C([2H])([2H])C(C)C)c[n+]2C)cc1-c1ccccc1.[2H]C([2H])([2H])c1cc(C)c(-c2cc(C([2H])([2H])C(C)(C)C)c(C([2H])([2H])[2H])c[n+]2C)cc1-c1ccccc1. The molecule has 0 atom stereocenters. The van der Waals surface area contributed by atoms with Gasteiger partial charge in [0.05, 0.1) is 0 Å². The van der Waals surface area contributed by atoms with Crippen LogP contribution in [0.3, 0.4) is 0 Å². The predicted molar refractivity (Wildman–Crippen MR) is 496 cm³/mol. The molecule has 0 saturated carbocycles. The summed E-state index contributed by atoms with van der Waals surface area (Å²) >= 11 is 0. The lowest BCUT2D eigenvalue weighted by atomic mass is 9.81.